The van der Waals surface area contributed by atoms with Gasteiger partial charge in [-0.1, -0.05) is 27.2 Å². The molecular weight excluding hydrogens is 240 g/mol. The highest BCUT2D eigenvalue weighted by Crippen LogP contribution is 2.38. The maximum Gasteiger partial charge on any atom is 0.246 e. The normalized spacial score (nSPS) is 29.6. The molecule has 3 unspecified atom stereocenters. The van der Waals surface area contributed by atoms with Crippen LogP contribution in [0, 0.1) is 11.8 Å². The van der Waals surface area contributed by atoms with Crippen molar-refractivity contribution in [2.24, 2.45) is 11.8 Å². The summed E-state index contributed by atoms with van der Waals surface area (Å²) in [5, 5.41) is 2.93. The summed E-state index contributed by atoms with van der Waals surface area (Å²) in [7, 11) is 0. The largest absolute Gasteiger partial charge is 0.342 e. The van der Waals surface area contributed by atoms with Crippen LogP contribution < -0.4 is 5.32 Å². The van der Waals surface area contributed by atoms with Gasteiger partial charge in [-0.25, -0.2) is 0 Å². The Morgan fingerprint density at radius 1 is 1.26 bits per heavy atom. The number of hydrogen-bond acceptors (Lipinski definition) is 2. The molecule has 1 saturated heterocycles. The molecule has 3 atom stereocenters. The van der Waals surface area contributed by atoms with Crippen molar-refractivity contribution in [3.63, 3.8) is 0 Å². The van der Waals surface area contributed by atoms with Gasteiger partial charge >= 0.3 is 0 Å². The molecule has 1 N–H and O–H groups in total. The summed E-state index contributed by atoms with van der Waals surface area (Å²) in [5.74, 6) is 0.709. The van der Waals surface area contributed by atoms with Gasteiger partial charge in [-0.05, 0) is 38.0 Å². The van der Waals surface area contributed by atoms with Crippen LogP contribution in [0.15, 0.2) is 0 Å². The lowest BCUT2D eigenvalue weighted by atomic mass is 9.94. The van der Waals surface area contributed by atoms with E-state index in [2.05, 4.69) is 19.2 Å². The highest BCUT2D eigenvalue weighted by atomic mass is 16.2. The molecule has 2 rings (SSSR count). The molecule has 0 bridgehead atoms. The number of carbonyl (C=O) groups excluding carboxylic acids is 2. The lowest BCUT2D eigenvalue weighted by Crippen LogP contribution is -2.67. The molecule has 4 nitrogen and oxygen atoms in total. The standard InChI is InChI=1S/C15H26N2O2/c1-5-6-10(4)17-13(11-7-8-11)14(18)16-12(9(2)3)15(17)19/h9-13H,5-8H2,1-4H3,(H,16,18). The number of piperazine rings is 1. The highest BCUT2D eigenvalue weighted by Gasteiger charge is 2.49. The number of amides is 2. The molecule has 1 aliphatic heterocycles. The molecule has 2 amide bonds. The van der Waals surface area contributed by atoms with Gasteiger partial charge in [-0.3, -0.25) is 9.59 Å². The van der Waals surface area contributed by atoms with E-state index in [-0.39, 0.29) is 35.9 Å². The minimum atomic E-state index is -0.346. The maximum absolute atomic E-state index is 12.7. The van der Waals surface area contributed by atoms with Crippen molar-refractivity contribution >= 4 is 11.8 Å². The Hall–Kier alpha value is -1.06. The van der Waals surface area contributed by atoms with Crippen LogP contribution >= 0.6 is 0 Å². The van der Waals surface area contributed by atoms with Gasteiger partial charge in [0.25, 0.3) is 0 Å². The van der Waals surface area contributed by atoms with Crippen LogP contribution in [0.25, 0.3) is 0 Å². The first kappa shape index (κ1) is 14.4. The zero-order chi connectivity index (χ0) is 14.2. The molecule has 4 heteroatoms. The zero-order valence-corrected chi connectivity index (χ0v) is 12.5. The molecular formula is C15H26N2O2. The van der Waals surface area contributed by atoms with Crippen LogP contribution in [-0.2, 0) is 9.59 Å². The first-order valence-electron chi connectivity index (χ1n) is 7.59. The summed E-state index contributed by atoms with van der Waals surface area (Å²) >= 11 is 0. The van der Waals surface area contributed by atoms with Crippen LogP contribution in [0.5, 0.6) is 0 Å². The number of nitrogens with zero attached hydrogens (tertiary/aromatic N) is 1. The van der Waals surface area contributed by atoms with E-state index in [9.17, 15) is 9.59 Å². The van der Waals surface area contributed by atoms with Crippen molar-refractivity contribution in [3.05, 3.63) is 0 Å². The van der Waals surface area contributed by atoms with Crippen molar-refractivity contribution in [3.8, 4) is 0 Å². The van der Waals surface area contributed by atoms with E-state index in [0.717, 1.165) is 25.7 Å². The van der Waals surface area contributed by atoms with Gasteiger partial charge in [0.05, 0.1) is 0 Å². The zero-order valence-electron chi connectivity index (χ0n) is 12.5. The van der Waals surface area contributed by atoms with Crippen molar-refractivity contribution in [1.82, 2.24) is 10.2 Å². The average Bonchev–Trinajstić information content (AvgIpc) is 3.14. The number of carbonyl (C=O) groups is 2. The first-order chi connectivity index (χ1) is 8.97. The molecule has 1 heterocycles. The van der Waals surface area contributed by atoms with E-state index in [4.69, 9.17) is 0 Å². The van der Waals surface area contributed by atoms with E-state index in [1.165, 1.54) is 0 Å². The molecule has 2 aliphatic rings. The maximum atomic E-state index is 12.7. The second-order valence-electron chi connectivity index (χ2n) is 6.40. The van der Waals surface area contributed by atoms with Gasteiger partial charge in [-0.2, -0.15) is 0 Å². The molecule has 108 valence electrons. The predicted molar refractivity (Wildman–Crippen MR) is 74.5 cm³/mol. The van der Waals surface area contributed by atoms with E-state index >= 15 is 0 Å². The van der Waals surface area contributed by atoms with Crippen molar-refractivity contribution < 1.29 is 9.59 Å². The summed E-state index contributed by atoms with van der Waals surface area (Å²) in [6.07, 6.45) is 4.16. The molecule has 1 aliphatic carbocycles. The van der Waals surface area contributed by atoms with Crippen LogP contribution in [0.1, 0.15) is 53.4 Å². The van der Waals surface area contributed by atoms with Gasteiger partial charge in [0, 0.05) is 6.04 Å². The predicted octanol–water partition coefficient (Wildman–Crippen LogP) is 1.94. The lowest BCUT2D eigenvalue weighted by molar-refractivity contribution is -0.154. The van der Waals surface area contributed by atoms with Gasteiger partial charge in [-0.15, -0.1) is 0 Å². The Kier molecular flexibility index (Phi) is 4.16. The summed E-state index contributed by atoms with van der Waals surface area (Å²) in [6.45, 7) is 8.18. The molecule has 0 aromatic carbocycles. The minimum Gasteiger partial charge on any atom is -0.342 e. The van der Waals surface area contributed by atoms with E-state index in [0.29, 0.717) is 5.92 Å². The Morgan fingerprint density at radius 2 is 1.89 bits per heavy atom. The summed E-state index contributed by atoms with van der Waals surface area (Å²) in [5.41, 5.74) is 0. The molecule has 0 spiro atoms. The summed E-state index contributed by atoms with van der Waals surface area (Å²) in [6, 6.07) is -0.402. The van der Waals surface area contributed by atoms with Gasteiger partial charge in [0.1, 0.15) is 12.1 Å². The van der Waals surface area contributed by atoms with Crippen molar-refractivity contribution in [2.75, 3.05) is 0 Å². The number of nitrogens with one attached hydrogen (secondary N) is 1. The fourth-order valence-electron chi connectivity index (χ4n) is 3.08. The smallest absolute Gasteiger partial charge is 0.246 e. The summed E-state index contributed by atoms with van der Waals surface area (Å²) in [4.78, 5) is 26.9. The molecule has 2 fully saturated rings. The quantitative estimate of drug-likeness (QED) is 0.826. The lowest BCUT2D eigenvalue weighted by Gasteiger charge is -2.43. The number of hydrogen-bond donors (Lipinski definition) is 1. The molecule has 0 radical (unpaired) electrons. The van der Waals surface area contributed by atoms with Crippen LogP contribution in [-0.4, -0.2) is 34.8 Å². The third kappa shape index (κ3) is 2.77. The van der Waals surface area contributed by atoms with E-state index in [1.54, 1.807) is 0 Å². The van der Waals surface area contributed by atoms with E-state index in [1.807, 2.05) is 18.7 Å². The SMILES string of the molecule is CCCC(C)N1C(=O)C(C(C)C)NC(=O)C1C1CC1. The van der Waals surface area contributed by atoms with Gasteiger partial charge in [0.15, 0.2) is 0 Å². The Morgan fingerprint density at radius 3 is 2.37 bits per heavy atom. The first-order valence-corrected chi connectivity index (χ1v) is 7.59. The second-order valence-corrected chi connectivity index (χ2v) is 6.40. The molecule has 19 heavy (non-hydrogen) atoms. The fourth-order valence-corrected chi connectivity index (χ4v) is 3.08. The third-order valence-corrected chi connectivity index (χ3v) is 4.30. The van der Waals surface area contributed by atoms with Gasteiger partial charge < -0.3 is 10.2 Å². The Balaban J connectivity index is 2.24. The van der Waals surface area contributed by atoms with Gasteiger partial charge in [0.2, 0.25) is 11.8 Å². The topological polar surface area (TPSA) is 49.4 Å². The van der Waals surface area contributed by atoms with Crippen LogP contribution in [0.3, 0.4) is 0 Å². The molecule has 0 aromatic heterocycles. The average molecular weight is 266 g/mol. The number of rotatable bonds is 5. The monoisotopic (exact) mass is 266 g/mol. The second kappa shape index (κ2) is 5.51. The molecule has 1 saturated carbocycles. The Labute approximate surface area is 115 Å². The van der Waals surface area contributed by atoms with Crippen molar-refractivity contribution in [2.45, 2.75) is 71.5 Å². The van der Waals surface area contributed by atoms with E-state index < -0.39 is 0 Å². The Bertz CT molecular complexity index is 363. The third-order valence-electron chi connectivity index (χ3n) is 4.30. The van der Waals surface area contributed by atoms with Crippen LogP contribution in [0.2, 0.25) is 0 Å². The van der Waals surface area contributed by atoms with Crippen LogP contribution in [0.4, 0.5) is 0 Å². The van der Waals surface area contributed by atoms with Crippen molar-refractivity contribution in [1.29, 1.82) is 0 Å². The fraction of sp³-hybridized carbons (Fsp3) is 0.867. The molecule has 0 aromatic rings. The summed E-state index contributed by atoms with van der Waals surface area (Å²) < 4.78 is 0. The minimum absolute atomic E-state index is 0.0590. The highest BCUT2D eigenvalue weighted by molar-refractivity contribution is 5.97.